The third-order valence-electron chi connectivity index (χ3n) is 2.38. The molecule has 4 atom stereocenters. The summed E-state index contributed by atoms with van der Waals surface area (Å²) in [5.41, 5.74) is 0. The van der Waals surface area contributed by atoms with E-state index in [0.29, 0.717) is 6.10 Å². The lowest BCUT2D eigenvalue weighted by atomic mass is 9.92. The quantitative estimate of drug-likeness (QED) is 0.478. The molecule has 83 valence electrons. The van der Waals surface area contributed by atoms with Crippen LogP contribution in [0.3, 0.4) is 0 Å². The van der Waals surface area contributed by atoms with E-state index in [1.54, 1.807) is 0 Å². The zero-order valence-electron chi connectivity index (χ0n) is 8.29. The van der Waals surface area contributed by atoms with Gasteiger partial charge in [-0.05, 0) is 5.92 Å². The fourth-order valence-electron chi connectivity index (χ4n) is 1.51. The molecule has 0 amide bonds. The zero-order valence-corrected chi connectivity index (χ0v) is 9.19. The van der Waals surface area contributed by atoms with Gasteiger partial charge in [0.2, 0.25) is 0 Å². The van der Waals surface area contributed by atoms with Gasteiger partial charge in [-0.1, -0.05) is 13.8 Å². The van der Waals surface area contributed by atoms with Gasteiger partial charge in [-0.2, -0.15) is 12.6 Å². The van der Waals surface area contributed by atoms with Crippen LogP contribution in [0.1, 0.15) is 13.8 Å². The van der Waals surface area contributed by atoms with E-state index in [1.165, 1.54) is 0 Å². The van der Waals surface area contributed by atoms with Crippen LogP contribution < -0.4 is 0 Å². The van der Waals surface area contributed by atoms with Gasteiger partial charge in [0.15, 0.2) is 0 Å². The highest BCUT2D eigenvalue weighted by Crippen LogP contribution is 2.34. The summed E-state index contributed by atoms with van der Waals surface area (Å²) >= 11 is 4.18. The zero-order chi connectivity index (χ0) is 10.9. The van der Waals surface area contributed by atoms with Crippen LogP contribution in [0.25, 0.3) is 0 Å². The molecule has 0 aliphatic carbocycles. The van der Waals surface area contributed by atoms with E-state index in [0.717, 1.165) is 0 Å². The van der Waals surface area contributed by atoms with Gasteiger partial charge >= 0.3 is 0 Å². The summed E-state index contributed by atoms with van der Waals surface area (Å²) in [6.07, 6.45) is -2.19. The molecule has 1 rings (SSSR count). The van der Waals surface area contributed by atoms with Crippen molar-refractivity contribution in [3.05, 3.63) is 6.10 Å². The van der Waals surface area contributed by atoms with E-state index < -0.39 is 23.6 Å². The first-order chi connectivity index (χ1) is 6.49. The van der Waals surface area contributed by atoms with Crippen molar-refractivity contribution in [3.8, 4) is 0 Å². The van der Waals surface area contributed by atoms with Crippen molar-refractivity contribution in [3.63, 3.8) is 0 Å². The van der Waals surface area contributed by atoms with Crippen molar-refractivity contribution in [1.82, 2.24) is 0 Å². The Labute approximate surface area is 89.3 Å². The highest BCUT2D eigenvalue weighted by Gasteiger charge is 2.44. The van der Waals surface area contributed by atoms with Gasteiger partial charge in [0.1, 0.15) is 18.3 Å². The van der Waals surface area contributed by atoms with Crippen molar-refractivity contribution in [2.24, 2.45) is 5.92 Å². The van der Waals surface area contributed by atoms with Crippen LogP contribution in [-0.4, -0.2) is 45.5 Å². The molecule has 0 spiro atoms. The summed E-state index contributed by atoms with van der Waals surface area (Å²) in [7, 11) is 0. The molecule has 0 unspecified atom stereocenters. The standard InChI is InChI=1S/C9H17O4S/c1-4(2)8-9(14)7(12)6(11)5(3-10)13-8/h4-7,9-12,14H,3H2,1-2H3/t5-,6+,7+,9-/m1/s1. The van der Waals surface area contributed by atoms with Gasteiger partial charge in [0.25, 0.3) is 0 Å². The Morgan fingerprint density at radius 1 is 1.36 bits per heavy atom. The molecule has 3 N–H and O–H groups in total. The summed E-state index contributed by atoms with van der Waals surface area (Å²) in [5.74, 6) is 0.105. The molecule has 0 aromatic rings. The van der Waals surface area contributed by atoms with Crippen LogP contribution in [-0.2, 0) is 4.74 Å². The van der Waals surface area contributed by atoms with Crippen molar-refractivity contribution >= 4 is 12.6 Å². The van der Waals surface area contributed by atoms with Gasteiger partial charge in [-0.3, -0.25) is 0 Å². The number of rotatable bonds is 2. The topological polar surface area (TPSA) is 69.9 Å². The van der Waals surface area contributed by atoms with E-state index in [-0.39, 0.29) is 12.5 Å². The predicted molar refractivity (Wildman–Crippen MR) is 54.8 cm³/mol. The minimum absolute atomic E-state index is 0.105. The highest BCUT2D eigenvalue weighted by molar-refractivity contribution is 7.81. The van der Waals surface area contributed by atoms with E-state index in [4.69, 9.17) is 9.84 Å². The minimum atomic E-state index is -1.08. The van der Waals surface area contributed by atoms with Crippen LogP contribution in [0, 0.1) is 12.0 Å². The Balaban J connectivity index is 2.73. The Morgan fingerprint density at radius 3 is 2.36 bits per heavy atom. The molecule has 1 aliphatic heterocycles. The fourth-order valence-corrected chi connectivity index (χ4v) is 2.05. The number of hydrogen-bond donors (Lipinski definition) is 4. The largest absolute Gasteiger partial charge is 0.394 e. The molecule has 5 heteroatoms. The molecule has 4 nitrogen and oxygen atoms in total. The third-order valence-corrected chi connectivity index (χ3v) is 2.94. The molecule has 0 saturated carbocycles. The predicted octanol–water partition coefficient (Wildman–Crippen LogP) is -0.414. The number of aliphatic hydroxyl groups excluding tert-OH is 3. The molecular weight excluding hydrogens is 204 g/mol. The van der Waals surface area contributed by atoms with Crippen molar-refractivity contribution in [2.45, 2.75) is 37.4 Å². The molecule has 1 aliphatic rings. The summed E-state index contributed by atoms with van der Waals surface area (Å²) in [6, 6.07) is 0. The Bertz CT molecular complexity index is 186. The molecule has 1 radical (unpaired) electrons. The lowest BCUT2D eigenvalue weighted by molar-refractivity contribution is -0.146. The fraction of sp³-hybridized carbons (Fsp3) is 0.889. The lowest BCUT2D eigenvalue weighted by Gasteiger charge is -2.41. The maximum Gasteiger partial charge on any atom is 0.115 e. The van der Waals surface area contributed by atoms with E-state index >= 15 is 0 Å². The third kappa shape index (κ3) is 2.23. The molecule has 1 fully saturated rings. The SMILES string of the molecule is CC(C)[C]1O[C@H](CO)[C@H](O)[C@H](O)[C@H]1S. The Morgan fingerprint density at radius 2 is 1.93 bits per heavy atom. The van der Waals surface area contributed by atoms with Crippen molar-refractivity contribution < 1.29 is 20.1 Å². The van der Waals surface area contributed by atoms with E-state index in [9.17, 15) is 10.2 Å². The molecule has 1 saturated heterocycles. The van der Waals surface area contributed by atoms with Crippen LogP contribution in [0.15, 0.2) is 0 Å². The van der Waals surface area contributed by atoms with Crippen LogP contribution in [0.2, 0.25) is 0 Å². The summed E-state index contributed by atoms with van der Waals surface area (Å²) < 4.78 is 5.37. The van der Waals surface area contributed by atoms with Gasteiger partial charge in [0.05, 0.1) is 18.0 Å². The highest BCUT2D eigenvalue weighted by atomic mass is 32.1. The molecule has 0 aromatic heterocycles. The molecular formula is C9H17O4S. The number of aliphatic hydroxyl groups is 3. The average molecular weight is 221 g/mol. The van der Waals surface area contributed by atoms with Gasteiger partial charge in [0, 0.05) is 0 Å². The second kappa shape index (κ2) is 4.81. The summed E-state index contributed by atoms with van der Waals surface area (Å²) in [5, 5.41) is 27.6. The first kappa shape index (κ1) is 12.3. The maximum absolute atomic E-state index is 9.63. The average Bonchev–Trinajstić information content (AvgIpc) is 2.14. The van der Waals surface area contributed by atoms with Crippen LogP contribution in [0.5, 0.6) is 0 Å². The van der Waals surface area contributed by atoms with Crippen LogP contribution in [0.4, 0.5) is 0 Å². The second-order valence-electron chi connectivity index (χ2n) is 3.82. The lowest BCUT2D eigenvalue weighted by Crippen LogP contribution is -2.54. The van der Waals surface area contributed by atoms with Gasteiger partial charge in [-0.25, -0.2) is 0 Å². The summed E-state index contributed by atoms with van der Waals surface area (Å²) in [4.78, 5) is 0. The molecule has 0 bridgehead atoms. The first-order valence-corrected chi connectivity index (χ1v) is 5.19. The number of ether oxygens (including phenoxy) is 1. The second-order valence-corrected chi connectivity index (χ2v) is 4.38. The van der Waals surface area contributed by atoms with Crippen LogP contribution >= 0.6 is 12.6 Å². The summed E-state index contributed by atoms with van der Waals surface area (Å²) in [6.45, 7) is 3.52. The van der Waals surface area contributed by atoms with E-state index in [1.807, 2.05) is 13.8 Å². The first-order valence-electron chi connectivity index (χ1n) is 4.67. The monoisotopic (exact) mass is 221 g/mol. The van der Waals surface area contributed by atoms with Crippen molar-refractivity contribution in [1.29, 1.82) is 0 Å². The van der Waals surface area contributed by atoms with Gasteiger partial charge < -0.3 is 20.1 Å². The normalized spacial score (nSPS) is 40.5. The minimum Gasteiger partial charge on any atom is -0.394 e. The van der Waals surface area contributed by atoms with E-state index in [2.05, 4.69) is 12.6 Å². The molecule has 0 aromatic carbocycles. The smallest absolute Gasteiger partial charge is 0.115 e. The molecule has 1 heterocycles. The molecule has 14 heavy (non-hydrogen) atoms. The number of hydrogen-bond acceptors (Lipinski definition) is 5. The Kier molecular flexibility index (Phi) is 4.21. The Hall–Kier alpha value is 0.190. The van der Waals surface area contributed by atoms with Crippen molar-refractivity contribution in [2.75, 3.05) is 6.61 Å². The maximum atomic E-state index is 9.63. The van der Waals surface area contributed by atoms with Gasteiger partial charge in [-0.15, -0.1) is 0 Å². The number of thiol groups is 1.